The number of rotatable bonds is 5. The molecule has 0 atom stereocenters. The first-order valence-corrected chi connectivity index (χ1v) is 10.7. The predicted molar refractivity (Wildman–Crippen MR) is 117 cm³/mol. The van der Waals surface area contributed by atoms with Gasteiger partial charge in [-0.15, -0.1) is 6.58 Å². The monoisotopic (exact) mass is 424 g/mol. The Morgan fingerprint density at radius 3 is 1.81 bits per heavy atom. The lowest BCUT2D eigenvalue weighted by molar-refractivity contribution is 0.418. The summed E-state index contributed by atoms with van der Waals surface area (Å²) in [5, 5.41) is 0. The van der Waals surface area contributed by atoms with Gasteiger partial charge in [0.05, 0.1) is 0 Å². The van der Waals surface area contributed by atoms with Gasteiger partial charge in [0.15, 0.2) is 23.3 Å². The van der Waals surface area contributed by atoms with Crippen LogP contribution in [0.3, 0.4) is 0 Å². The van der Waals surface area contributed by atoms with Gasteiger partial charge in [-0.05, 0) is 47.4 Å². The number of allylic oxidation sites excluding steroid dienone is 1. The molecular weight excluding hydrogens is 400 g/mol. The molecule has 1 saturated carbocycles. The van der Waals surface area contributed by atoms with Crippen molar-refractivity contribution in [3.8, 4) is 22.3 Å². The Kier molecular flexibility index (Phi) is 6.26. The van der Waals surface area contributed by atoms with Crippen LogP contribution < -0.4 is 0 Å². The van der Waals surface area contributed by atoms with E-state index in [1.807, 2.05) is 0 Å². The van der Waals surface area contributed by atoms with E-state index in [4.69, 9.17) is 0 Å². The molecule has 1 aliphatic rings. The Bertz CT molecular complexity index is 1090. The van der Waals surface area contributed by atoms with Crippen molar-refractivity contribution in [1.29, 1.82) is 0 Å². The van der Waals surface area contributed by atoms with E-state index in [1.165, 1.54) is 18.2 Å². The molecule has 0 aromatic heterocycles. The summed E-state index contributed by atoms with van der Waals surface area (Å²) in [6.45, 7) is 3.54. The highest BCUT2D eigenvalue weighted by Gasteiger charge is 2.23. The largest absolute Gasteiger partial charge is 0.203 e. The average molecular weight is 424 g/mol. The molecule has 0 radical (unpaired) electrons. The van der Waals surface area contributed by atoms with Crippen LogP contribution in [-0.2, 0) is 6.42 Å². The predicted octanol–water partition coefficient (Wildman–Crippen LogP) is 8.35. The Hall–Kier alpha value is -2.88. The van der Waals surface area contributed by atoms with Gasteiger partial charge in [-0.25, -0.2) is 17.6 Å². The van der Waals surface area contributed by atoms with Crippen LogP contribution in [0.25, 0.3) is 22.3 Å². The molecule has 0 saturated heterocycles. The van der Waals surface area contributed by atoms with E-state index in [0.29, 0.717) is 16.7 Å². The second kappa shape index (κ2) is 9.09. The first-order valence-electron chi connectivity index (χ1n) is 10.7. The van der Waals surface area contributed by atoms with Gasteiger partial charge < -0.3 is 0 Å². The molecule has 0 N–H and O–H groups in total. The Labute approximate surface area is 180 Å². The van der Waals surface area contributed by atoms with Crippen LogP contribution in [0.5, 0.6) is 0 Å². The molecule has 0 aliphatic heterocycles. The third kappa shape index (κ3) is 4.16. The van der Waals surface area contributed by atoms with Crippen molar-refractivity contribution in [2.45, 2.75) is 44.4 Å². The summed E-state index contributed by atoms with van der Waals surface area (Å²) in [4.78, 5) is 0. The van der Waals surface area contributed by atoms with E-state index in [-0.39, 0.29) is 29.0 Å². The van der Waals surface area contributed by atoms with Crippen LogP contribution in [0, 0.1) is 23.3 Å². The quantitative estimate of drug-likeness (QED) is 0.285. The zero-order chi connectivity index (χ0) is 22.0. The van der Waals surface area contributed by atoms with Crippen molar-refractivity contribution < 1.29 is 17.6 Å². The molecular formula is C27H24F4. The third-order valence-electron chi connectivity index (χ3n) is 6.19. The molecule has 1 fully saturated rings. The van der Waals surface area contributed by atoms with Crippen molar-refractivity contribution in [2.75, 3.05) is 0 Å². The van der Waals surface area contributed by atoms with Crippen LogP contribution in [0.1, 0.15) is 49.1 Å². The maximum atomic E-state index is 14.9. The summed E-state index contributed by atoms with van der Waals surface area (Å²) in [6.07, 6.45) is 6.76. The van der Waals surface area contributed by atoms with Gasteiger partial charge in [0, 0.05) is 11.1 Å². The lowest BCUT2D eigenvalue weighted by atomic mass is 9.83. The van der Waals surface area contributed by atoms with E-state index < -0.39 is 23.3 Å². The molecule has 1 aliphatic carbocycles. The van der Waals surface area contributed by atoms with Crippen LogP contribution in [-0.4, -0.2) is 0 Å². The summed E-state index contributed by atoms with van der Waals surface area (Å²) in [5.41, 5.74) is 1.93. The Balaban J connectivity index is 1.64. The van der Waals surface area contributed by atoms with Gasteiger partial charge in [-0.1, -0.05) is 73.9 Å². The fraction of sp³-hybridized carbons (Fsp3) is 0.259. The van der Waals surface area contributed by atoms with Gasteiger partial charge in [0.25, 0.3) is 0 Å². The zero-order valence-electron chi connectivity index (χ0n) is 17.2. The second-order valence-corrected chi connectivity index (χ2v) is 8.14. The molecule has 3 aromatic rings. The smallest absolute Gasteiger partial charge is 0.166 e. The summed E-state index contributed by atoms with van der Waals surface area (Å²) >= 11 is 0. The minimum Gasteiger partial charge on any atom is -0.203 e. The molecule has 160 valence electrons. The lowest BCUT2D eigenvalue weighted by Gasteiger charge is -2.23. The molecule has 0 unspecified atom stereocenters. The molecule has 4 heteroatoms. The number of benzene rings is 3. The maximum absolute atomic E-state index is 14.9. The van der Waals surface area contributed by atoms with Crippen molar-refractivity contribution in [3.05, 3.63) is 95.6 Å². The SMILES string of the molecule is C=CCc1ccc(-c2ccc(-c3ccc(C4CCCCC4)c(F)c3F)cc2)c(F)c1F. The normalized spacial score (nSPS) is 14.6. The lowest BCUT2D eigenvalue weighted by Crippen LogP contribution is -2.08. The van der Waals surface area contributed by atoms with Gasteiger partial charge in [-0.3, -0.25) is 0 Å². The van der Waals surface area contributed by atoms with Crippen LogP contribution in [0.2, 0.25) is 0 Å². The van der Waals surface area contributed by atoms with Gasteiger partial charge in [-0.2, -0.15) is 0 Å². The van der Waals surface area contributed by atoms with Crippen LogP contribution in [0.4, 0.5) is 17.6 Å². The van der Waals surface area contributed by atoms with Gasteiger partial charge in [0.2, 0.25) is 0 Å². The standard InChI is InChI=1S/C27H24F4/c1-2-6-20-13-14-21(25(29)24(20)28)18-9-11-19(12-10-18)23-16-15-22(26(30)27(23)31)17-7-4-3-5-8-17/h2,9-17H,1,3-8H2. The number of hydrogen-bond acceptors (Lipinski definition) is 0. The van der Waals surface area contributed by atoms with Crippen molar-refractivity contribution in [2.24, 2.45) is 0 Å². The highest BCUT2D eigenvalue weighted by atomic mass is 19.2. The molecule has 0 amide bonds. The molecule has 0 heterocycles. The van der Waals surface area contributed by atoms with Gasteiger partial charge in [0.1, 0.15) is 0 Å². The van der Waals surface area contributed by atoms with E-state index in [1.54, 1.807) is 36.4 Å². The average Bonchev–Trinajstić information content (AvgIpc) is 2.80. The van der Waals surface area contributed by atoms with E-state index in [0.717, 1.165) is 32.1 Å². The summed E-state index contributed by atoms with van der Waals surface area (Å²) < 4.78 is 58.4. The molecule has 0 bridgehead atoms. The second-order valence-electron chi connectivity index (χ2n) is 8.14. The molecule has 31 heavy (non-hydrogen) atoms. The summed E-state index contributed by atoms with van der Waals surface area (Å²) in [7, 11) is 0. The summed E-state index contributed by atoms with van der Waals surface area (Å²) in [5.74, 6) is -3.39. The van der Waals surface area contributed by atoms with Crippen molar-refractivity contribution in [3.63, 3.8) is 0 Å². The molecule has 3 aromatic carbocycles. The number of hydrogen-bond donors (Lipinski definition) is 0. The highest BCUT2D eigenvalue weighted by Crippen LogP contribution is 2.37. The minimum absolute atomic E-state index is 0.0709. The van der Waals surface area contributed by atoms with Crippen LogP contribution in [0.15, 0.2) is 61.2 Å². The minimum atomic E-state index is -0.929. The maximum Gasteiger partial charge on any atom is 0.166 e. The van der Waals surface area contributed by atoms with E-state index in [2.05, 4.69) is 6.58 Å². The van der Waals surface area contributed by atoms with Crippen molar-refractivity contribution >= 4 is 0 Å². The highest BCUT2D eigenvalue weighted by molar-refractivity contribution is 5.71. The summed E-state index contributed by atoms with van der Waals surface area (Å²) in [6, 6.07) is 12.7. The first-order chi connectivity index (χ1) is 15.0. The third-order valence-corrected chi connectivity index (χ3v) is 6.19. The molecule has 0 nitrogen and oxygen atoms in total. The van der Waals surface area contributed by atoms with Crippen LogP contribution >= 0.6 is 0 Å². The first kappa shape index (κ1) is 21.4. The fourth-order valence-electron chi connectivity index (χ4n) is 4.47. The van der Waals surface area contributed by atoms with E-state index >= 15 is 0 Å². The topological polar surface area (TPSA) is 0 Å². The number of halogens is 4. The zero-order valence-corrected chi connectivity index (χ0v) is 17.2. The van der Waals surface area contributed by atoms with E-state index in [9.17, 15) is 17.6 Å². The molecule has 0 spiro atoms. The Morgan fingerprint density at radius 2 is 1.23 bits per heavy atom. The van der Waals surface area contributed by atoms with Gasteiger partial charge >= 0.3 is 0 Å². The Morgan fingerprint density at radius 1 is 0.677 bits per heavy atom. The molecule has 4 rings (SSSR count). The van der Waals surface area contributed by atoms with Crippen molar-refractivity contribution in [1.82, 2.24) is 0 Å². The fourth-order valence-corrected chi connectivity index (χ4v) is 4.47.